The van der Waals surface area contributed by atoms with Gasteiger partial charge in [0.1, 0.15) is 0 Å². The molecule has 1 heterocycles. The molecule has 1 aliphatic heterocycles. The van der Waals surface area contributed by atoms with E-state index in [1.54, 1.807) is 0 Å². The lowest BCUT2D eigenvalue weighted by Crippen LogP contribution is -2.38. The van der Waals surface area contributed by atoms with Gasteiger partial charge in [-0.2, -0.15) is 0 Å². The summed E-state index contributed by atoms with van der Waals surface area (Å²) in [6.07, 6.45) is 0. The van der Waals surface area contributed by atoms with E-state index in [2.05, 4.69) is 38.0 Å². The molecule has 0 amide bonds. The van der Waals surface area contributed by atoms with E-state index in [0.717, 1.165) is 5.92 Å². The predicted octanol–water partition coefficient (Wildman–Crippen LogP) is 1.96. The fourth-order valence-electron chi connectivity index (χ4n) is 1.86. The summed E-state index contributed by atoms with van der Waals surface area (Å²) in [6.45, 7) is 13.2. The third-order valence-corrected chi connectivity index (χ3v) is 2.59. The van der Waals surface area contributed by atoms with Crippen LogP contribution in [0.4, 0.5) is 0 Å². The lowest BCUT2D eigenvalue weighted by molar-refractivity contribution is 0.298. The summed E-state index contributed by atoms with van der Waals surface area (Å²) in [5.74, 6) is 0.768. The van der Waals surface area contributed by atoms with E-state index in [0.29, 0.717) is 12.1 Å². The number of hydrogen-bond donors (Lipinski definition) is 1. The lowest BCUT2D eigenvalue weighted by Gasteiger charge is -2.19. The van der Waals surface area contributed by atoms with E-state index in [1.165, 1.54) is 13.1 Å². The van der Waals surface area contributed by atoms with Crippen molar-refractivity contribution in [3.8, 4) is 0 Å². The van der Waals surface area contributed by atoms with E-state index >= 15 is 0 Å². The Morgan fingerprint density at radius 1 is 1.08 bits per heavy atom. The highest BCUT2D eigenvalue weighted by atomic mass is 15.2. The second-order valence-electron chi connectivity index (χ2n) is 4.05. The molecule has 1 saturated heterocycles. The van der Waals surface area contributed by atoms with Gasteiger partial charge >= 0.3 is 0 Å². The Hall–Kier alpha value is -0.0800. The summed E-state index contributed by atoms with van der Waals surface area (Å²) in [5.41, 5.74) is 0. The Bertz CT molecular complexity index is 111. The van der Waals surface area contributed by atoms with Crippen molar-refractivity contribution in [3.63, 3.8) is 0 Å². The topological polar surface area (TPSA) is 15.3 Å². The molecule has 2 heteroatoms. The molecule has 0 aromatic carbocycles. The van der Waals surface area contributed by atoms with Crippen molar-refractivity contribution >= 4 is 0 Å². The van der Waals surface area contributed by atoms with Crippen molar-refractivity contribution in [3.05, 3.63) is 0 Å². The van der Waals surface area contributed by atoms with Gasteiger partial charge in [0.25, 0.3) is 0 Å². The minimum absolute atomic E-state index is 0.639. The molecule has 2 nitrogen and oxygen atoms in total. The van der Waals surface area contributed by atoms with Gasteiger partial charge in [-0.05, 0) is 26.8 Å². The van der Waals surface area contributed by atoms with Crippen LogP contribution in [0.5, 0.6) is 0 Å². The van der Waals surface area contributed by atoms with Crippen LogP contribution in [-0.2, 0) is 0 Å². The molecule has 1 rings (SSSR count). The van der Waals surface area contributed by atoms with Gasteiger partial charge in [-0.25, -0.2) is 0 Å². The van der Waals surface area contributed by atoms with Crippen LogP contribution in [0.2, 0.25) is 0 Å². The average molecular weight is 186 g/mol. The standard InChI is InChI=1S/C9H20N2.C2H6/c1-7-5-11(4)6-8(2)10-9(7)3;1-2/h7-10H,5-6H2,1-4H3;1-2H3/t7-,8+,9?;/m0./s1. The summed E-state index contributed by atoms with van der Waals surface area (Å²) in [7, 11) is 2.20. The second kappa shape index (κ2) is 6.39. The highest BCUT2D eigenvalue weighted by molar-refractivity contribution is 4.80. The van der Waals surface area contributed by atoms with Crippen LogP contribution < -0.4 is 5.32 Å². The molecule has 0 aromatic heterocycles. The maximum absolute atomic E-state index is 3.58. The first kappa shape index (κ1) is 12.9. The number of nitrogens with one attached hydrogen (secondary N) is 1. The summed E-state index contributed by atoms with van der Waals surface area (Å²) < 4.78 is 0. The second-order valence-corrected chi connectivity index (χ2v) is 4.05. The molecular weight excluding hydrogens is 160 g/mol. The fraction of sp³-hybridized carbons (Fsp3) is 1.00. The molecule has 0 saturated carbocycles. The van der Waals surface area contributed by atoms with Gasteiger partial charge in [0, 0.05) is 25.2 Å². The van der Waals surface area contributed by atoms with Gasteiger partial charge in [0.05, 0.1) is 0 Å². The van der Waals surface area contributed by atoms with Crippen molar-refractivity contribution < 1.29 is 0 Å². The molecule has 1 unspecified atom stereocenters. The Morgan fingerprint density at radius 3 is 2.15 bits per heavy atom. The number of likely N-dealkylation sites (N-methyl/N-ethyl adjacent to an activating group) is 1. The van der Waals surface area contributed by atoms with Gasteiger partial charge < -0.3 is 10.2 Å². The SMILES string of the molecule is CC.CC1N[C@H](C)CN(C)C[C@@H]1C. The van der Waals surface area contributed by atoms with Crippen molar-refractivity contribution in [1.82, 2.24) is 10.2 Å². The van der Waals surface area contributed by atoms with Gasteiger partial charge in [-0.15, -0.1) is 0 Å². The molecule has 1 aliphatic rings. The number of nitrogens with zero attached hydrogens (tertiary/aromatic N) is 1. The number of hydrogen-bond acceptors (Lipinski definition) is 2. The third-order valence-electron chi connectivity index (χ3n) is 2.59. The maximum Gasteiger partial charge on any atom is 0.0169 e. The zero-order valence-electron chi connectivity index (χ0n) is 10.1. The molecular formula is C11H26N2. The van der Waals surface area contributed by atoms with E-state index in [9.17, 15) is 0 Å². The summed E-state index contributed by atoms with van der Waals surface area (Å²) in [5, 5.41) is 3.58. The van der Waals surface area contributed by atoms with E-state index in [1.807, 2.05) is 13.8 Å². The average Bonchev–Trinajstić information content (AvgIpc) is 2.15. The first-order valence-corrected chi connectivity index (χ1v) is 5.54. The summed E-state index contributed by atoms with van der Waals surface area (Å²) >= 11 is 0. The zero-order valence-corrected chi connectivity index (χ0v) is 10.1. The van der Waals surface area contributed by atoms with Crippen LogP contribution in [-0.4, -0.2) is 37.1 Å². The van der Waals surface area contributed by atoms with Gasteiger partial charge in [0.15, 0.2) is 0 Å². The van der Waals surface area contributed by atoms with Gasteiger partial charge in [-0.1, -0.05) is 20.8 Å². The minimum Gasteiger partial charge on any atom is -0.310 e. The van der Waals surface area contributed by atoms with Gasteiger partial charge in [0.2, 0.25) is 0 Å². The van der Waals surface area contributed by atoms with Crippen molar-refractivity contribution in [2.45, 2.75) is 46.7 Å². The largest absolute Gasteiger partial charge is 0.310 e. The highest BCUT2D eigenvalue weighted by Gasteiger charge is 2.21. The molecule has 0 radical (unpaired) electrons. The Balaban J connectivity index is 0.000000671. The van der Waals surface area contributed by atoms with E-state index in [-0.39, 0.29) is 0 Å². The molecule has 1 fully saturated rings. The van der Waals surface area contributed by atoms with Crippen molar-refractivity contribution in [2.75, 3.05) is 20.1 Å². The molecule has 0 aliphatic carbocycles. The summed E-state index contributed by atoms with van der Waals surface area (Å²) in [4.78, 5) is 2.41. The molecule has 13 heavy (non-hydrogen) atoms. The third kappa shape index (κ3) is 4.63. The molecule has 3 atom stereocenters. The summed E-state index contributed by atoms with van der Waals surface area (Å²) in [6, 6.07) is 1.30. The van der Waals surface area contributed by atoms with Crippen LogP contribution in [0.1, 0.15) is 34.6 Å². The van der Waals surface area contributed by atoms with Crippen LogP contribution in [0, 0.1) is 5.92 Å². The van der Waals surface area contributed by atoms with Crippen molar-refractivity contribution in [1.29, 1.82) is 0 Å². The molecule has 0 bridgehead atoms. The number of rotatable bonds is 0. The maximum atomic E-state index is 3.58. The van der Waals surface area contributed by atoms with E-state index < -0.39 is 0 Å². The smallest absolute Gasteiger partial charge is 0.0169 e. The normalized spacial score (nSPS) is 36.0. The fourth-order valence-corrected chi connectivity index (χ4v) is 1.86. The Morgan fingerprint density at radius 2 is 1.62 bits per heavy atom. The minimum atomic E-state index is 0.639. The first-order chi connectivity index (χ1) is 6.09. The highest BCUT2D eigenvalue weighted by Crippen LogP contribution is 2.09. The molecule has 80 valence electrons. The predicted molar refractivity (Wildman–Crippen MR) is 60.1 cm³/mol. The van der Waals surface area contributed by atoms with E-state index in [4.69, 9.17) is 0 Å². The van der Waals surface area contributed by atoms with Crippen LogP contribution in [0.15, 0.2) is 0 Å². The van der Waals surface area contributed by atoms with Crippen LogP contribution >= 0.6 is 0 Å². The van der Waals surface area contributed by atoms with Crippen LogP contribution in [0.25, 0.3) is 0 Å². The van der Waals surface area contributed by atoms with Crippen LogP contribution in [0.3, 0.4) is 0 Å². The molecule has 0 spiro atoms. The monoisotopic (exact) mass is 186 g/mol. The molecule has 1 N–H and O–H groups in total. The molecule has 0 aromatic rings. The van der Waals surface area contributed by atoms with Gasteiger partial charge in [-0.3, -0.25) is 0 Å². The first-order valence-electron chi connectivity index (χ1n) is 5.54. The Kier molecular flexibility index (Phi) is 6.35. The quantitative estimate of drug-likeness (QED) is 0.622. The lowest BCUT2D eigenvalue weighted by atomic mass is 10.0. The van der Waals surface area contributed by atoms with Crippen molar-refractivity contribution in [2.24, 2.45) is 5.92 Å². The Labute approximate surface area is 83.7 Å². The zero-order chi connectivity index (χ0) is 10.4.